The minimum absolute atomic E-state index is 0.432. The molecule has 2 aromatic carbocycles. The Bertz CT molecular complexity index is 1170. The van der Waals surface area contributed by atoms with Gasteiger partial charge in [-0.05, 0) is 60.2 Å². The molecule has 0 spiro atoms. The highest BCUT2D eigenvalue weighted by molar-refractivity contribution is 6.00. The molecule has 0 radical (unpaired) electrons. The van der Waals surface area contributed by atoms with Crippen LogP contribution in [0, 0.1) is 23.7 Å². The molecule has 0 bridgehead atoms. The van der Waals surface area contributed by atoms with Crippen molar-refractivity contribution in [2.75, 3.05) is 0 Å². The van der Waals surface area contributed by atoms with Crippen LogP contribution < -0.4 is 0 Å². The van der Waals surface area contributed by atoms with Gasteiger partial charge in [-0.1, -0.05) is 38.0 Å². The summed E-state index contributed by atoms with van der Waals surface area (Å²) in [6.07, 6.45) is 5.73. The number of hydrogen-bond donors (Lipinski definition) is 0. The van der Waals surface area contributed by atoms with Crippen molar-refractivity contribution in [2.45, 2.75) is 46.0 Å². The van der Waals surface area contributed by atoms with E-state index in [0.717, 1.165) is 45.8 Å². The number of nitrogens with zero attached hydrogens (tertiary/aromatic N) is 2. The lowest BCUT2D eigenvalue weighted by Crippen LogP contribution is -1.76. The molecule has 0 atom stereocenters. The third-order valence-electron chi connectivity index (χ3n) is 4.44. The lowest BCUT2D eigenvalue weighted by atomic mass is 10.1. The second-order valence-electron chi connectivity index (χ2n) is 6.51. The first-order valence-electron chi connectivity index (χ1n) is 9.33. The van der Waals surface area contributed by atoms with E-state index in [9.17, 15) is 0 Å². The fourth-order valence-corrected chi connectivity index (χ4v) is 3.09. The maximum absolute atomic E-state index is 5.81. The minimum Gasteiger partial charge on any atom is -0.430 e. The topological polar surface area (TPSA) is 52.1 Å². The van der Waals surface area contributed by atoms with Crippen molar-refractivity contribution >= 4 is 33.0 Å². The third kappa shape index (κ3) is 3.66. The predicted molar refractivity (Wildman–Crippen MR) is 107 cm³/mol. The third-order valence-corrected chi connectivity index (χ3v) is 4.44. The van der Waals surface area contributed by atoms with E-state index in [1.165, 1.54) is 19.3 Å². The van der Waals surface area contributed by atoms with E-state index in [4.69, 9.17) is 8.83 Å². The molecule has 0 amide bonds. The molecule has 4 aromatic rings. The Morgan fingerprint density at radius 2 is 1.44 bits per heavy atom. The van der Waals surface area contributed by atoms with Gasteiger partial charge in [0.15, 0.2) is 11.2 Å². The first-order valence-corrected chi connectivity index (χ1v) is 9.33. The Morgan fingerprint density at radius 1 is 0.815 bits per heavy atom. The maximum atomic E-state index is 5.81. The van der Waals surface area contributed by atoms with Crippen molar-refractivity contribution in [3.05, 3.63) is 36.0 Å². The van der Waals surface area contributed by atoms with Gasteiger partial charge >= 0.3 is 0 Å². The summed E-state index contributed by atoms with van der Waals surface area (Å²) < 4.78 is 11.5. The van der Waals surface area contributed by atoms with Crippen molar-refractivity contribution in [1.82, 2.24) is 9.97 Å². The fraction of sp³-hybridized carbons (Fsp3) is 0.304. The van der Waals surface area contributed by atoms with Gasteiger partial charge in [-0.15, -0.1) is 0 Å². The summed E-state index contributed by atoms with van der Waals surface area (Å²) in [4.78, 5) is 8.90. The van der Waals surface area contributed by atoms with Crippen LogP contribution in [0.25, 0.3) is 33.0 Å². The van der Waals surface area contributed by atoms with Crippen LogP contribution in [0.1, 0.15) is 57.7 Å². The number of benzene rings is 2. The fourth-order valence-electron chi connectivity index (χ4n) is 3.09. The minimum atomic E-state index is 0.432. The Morgan fingerprint density at radius 3 is 2.04 bits per heavy atom. The number of fused-ring (bicyclic) bond motifs is 3. The van der Waals surface area contributed by atoms with E-state index >= 15 is 0 Å². The van der Waals surface area contributed by atoms with Gasteiger partial charge in [0.25, 0.3) is 11.8 Å². The lowest BCUT2D eigenvalue weighted by Gasteiger charge is -1.96. The monoisotopic (exact) mass is 356 g/mol. The van der Waals surface area contributed by atoms with Crippen molar-refractivity contribution in [2.24, 2.45) is 0 Å². The van der Waals surface area contributed by atoms with Gasteiger partial charge in [0.2, 0.25) is 0 Å². The second-order valence-corrected chi connectivity index (χ2v) is 6.51. The average molecular weight is 356 g/mol. The molecule has 0 saturated heterocycles. The Hall–Kier alpha value is -3.24. The zero-order valence-electron chi connectivity index (χ0n) is 15.6. The van der Waals surface area contributed by atoms with E-state index in [0.29, 0.717) is 11.8 Å². The van der Waals surface area contributed by atoms with E-state index in [-0.39, 0.29) is 0 Å². The van der Waals surface area contributed by atoms with Crippen LogP contribution in [0.5, 0.6) is 0 Å². The second kappa shape index (κ2) is 7.56. The quantitative estimate of drug-likeness (QED) is 0.342. The van der Waals surface area contributed by atoms with Crippen molar-refractivity contribution in [3.8, 4) is 23.7 Å². The van der Waals surface area contributed by atoms with Crippen molar-refractivity contribution in [3.63, 3.8) is 0 Å². The summed E-state index contributed by atoms with van der Waals surface area (Å²) in [5.74, 6) is 12.8. The highest BCUT2D eigenvalue weighted by Gasteiger charge is 2.10. The van der Waals surface area contributed by atoms with Gasteiger partial charge in [-0.2, -0.15) is 0 Å². The van der Waals surface area contributed by atoms with Gasteiger partial charge in [0, 0.05) is 6.42 Å². The number of rotatable bonds is 4. The molecule has 0 N–H and O–H groups in total. The van der Waals surface area contributed by atoms with Crippen LogP contribution in [0.4, 0.5) is 0 Å². The highest BCUT2D eigenvalue weighted by Crippen LogP contribution is 2.28. The van der Waals surface area contributed by atoms with Gasteiger partial charge < -0.3 is 8.83 Å². The normalized spacial score (nSPS) is 10.7. The van der Waals surface area contributed by atoms with Crippen LogP contribution >= 0.6 is 0 Å². The molecule has 0 fully saturated rings. The Balaban J connectivity index is 1.64. The maximum Gasteiger partial charge on any atom is 0.274 e. The first kappa shape index (κ1) is 17.2. The van der Waals surface area contributed by atoms with Crippen molar-refractivity contribution < 1.29 is 8.83 Å². The molecule has 0 aliphatic carbocycles. The van der Waals surface area contributed by atoms with E-state index in [2.05, 4.69) is 40.6 Å². The average Bonchev–Trinajstić information content (AvgIpc) is 3.23. The van der Waals surface area contributed by atoms with E-state index in [1.54, 1.807) is 6.92 Å². The Kier molecular flexibility index (Phi) is 4.81. The lowest BCUT2D eigenvalue weighted by molar-refractivity contribution is 0.585. The smallest absolute Gasteiger partial charge is 0.274 e. The molecular formula is C23H20N2O2. The number of unbranched alkanes of at least 4 members (excludes halogenated alkanes) is 4. The van der Waals surface area contributed by atoms with Crippen LogP contribution in [0.15, 0.2) is 33.1 Å². The Labute approximate surface area is 158 Å². The largest absolute Gasteiger partial charge is 0.430 e. The van der Waals surface area contributed by atoms with Gasteiger partial charge in [0.05, 0.1) is 0 Å². The summed E-state index contributed by atoms with van der Waals surface area (Å²) in [5, 5.41) is 2.05. The molecule has 0 aliphatic heterocycles. The number of oxazole rings is 2. The molecule has 4 heteroatoms. The molecule has 134 valence electrons. The molecule has 0 saturated carbocycles. The van der Waals surface area contributed by atoms with Crippen molar-refractivity contribution in [1.29, 1.82) is 0 Å². The van der Waals surface area contributed by atoms with Gasteiger partial charge in [0.1, 0.15) is 11.0 Å². The first-order chi connectivity index (χ1) is 13.3. The molecule has 0 aliphatic rings. The summed E-state index contributed by atoms with van der Waals surface area (Å²) in [6, 6.07) is 7.92. The molecule has 4 rings (SSSR count). The summed E-state index contributed by atoms with van der Waals surface area (Å²) in [5.41, 5.74) is 3.03. The van der Waals surface area contributed by atoms with Crippen LogP contribution in [0.2, 0.25) is 0 Å². The standard InChI is InChI=1S/C23H20N2O2/c1-3-5-6-7-8-9-11-23-25-19-13-17-14-20-18(24-22(26-20)10-4-2)12-16(17)15-21(19)27-23/h12-15H,3,5-8H2,1-2H3. The van der Waals surface area contributed by atoms with Crippen LogP contribution in [-0.2, 0) is 0 Å². The summed E-state index contributed by atoms with van der Waals surface area (Å²) in [6.45, 7) is 3.97. The zero-order chi connectivity index (χ0) is 18.6. The zero-order valence-corrected chi connectivity index (χ0v) is 15.6. The van der Waals surface area contributed by atoms with Gasteiger partial charge in [-0.25, -0.2) is 9.97 Å². The molecule has 2 heterocycles. The number of hydrogen-bond acceptors (Lipinski definition) is 4. The van der Waals surface area contributed by atoms with Crippen LogP contribution in [-0.4, -0.2) is 9.97 Å². The molecule has 2 aromatic heterocycles. The van der Waals surface area contributed by atoms with Gasteiger partial charge in [-0.3, -0.25) is 0 Å². The molecular weight excluding hydrogens is 336 g/mol. The molecule has 0 unspecified atom stereocenters. The summed E-state index contributed by atoms with van der Waals surface area (Å²) in [7, 11) is 0. The van der Waals surface area contributed by atoms with E-state index in [1.807, 2.05) is 24.3 Å². The summed E-state index contributed by atoms with van der Waals surface area (Å²) >= 11 is 0. The van der Waals surface area contributed by atoms with E-state index < -0.39 is 0 Å². The molecule has 27 heavy (non-hydrogen) atoms. The molecule has 4 nitrogen and oxygen atoms in total. The predicted octanol–water partition coefficient (Wildman–Crippen LogP) is 5.82. The highest BCUT2D eigenvalue weighted by atomic mass is 16.4. The number of aromatic nitrogens is 2. The SMILES string of the molecule is CC#Cc1nc2cc3cc4oc(C#CCCCCCC)nc4cc3cc2o1. The van der Waals surface area contributed by atoms with Crippen LogP contribution in [0.3, 0.4) is 0 Å².